The van der Waals surface area contributed by atoms with Crippen LogP contribution in [0.2, 0.25) is 0 Å². The summed E-state index contributed by atoms with van der Waals surface area (Å²) < 4.78 is 0. The zero-order valence-electron chi connectivity index (χ0n) is 11.1. The molecule has 0 amide bonds. The van der Waals surface area contributed by atoms with Crippen LogP contribution in [0.25, 0.3) is 0 Å². The minimum Gasteiger partial charge on any atom is -0.364 e. The fraction of sp³-hybridized carbons (Fsp3) is 0.750. The van der Waals surface area contributed by atoms with Gasteiger partial charge in [-0.25, -0.2) is 0 Å². The molecule has 2 nitrogen and oxygen atoms in total. The van der Waals surface area contributed by atoms with Gasteiger partial charge >= 0.3 is 0 Å². The molecule has 1 aromatic heterocycles. The zero-order valence-corrected chi connectivity index (χ0v) is 11.1. The lowest BCUT2D eigenvalue weighted by molar-refractivity contribution is -0.0514. The monoisotopic (exact) mass is 244 g/mol. The van der Waals surface area contributed by atoms with Crippen LogP contribution < -0.4 is 5.32 Å². The van der Waals surface area contributed by atoms with Crippen LogP contribution in [0, 0.1) is 23.2 Å². The van der Waals surface area contributed by atoms with Crippen LogP contribution in [0.4, 0.5) is 0 Å². The Balaban J connectivity index is 1.39. The number of H-pyrrole nitrogens is 1. The van der Waals surface area contributed by atoms with Gasteiger partial charge in [0.2, 0.25) is 0 Å². The molecule has 0 radical (unpaired) electrons. The first-order chi connectivity index (χ1) is 8.81. The third-order valence-electron chi connectivity index (χ3n) is 5.64. The Morgan fingerprint density at radius 2 is 1.78 bits per heavy atom. The fourth-order valence-corrected chi connectivity index (χ4v) is 5.45. The quantitative estimate of drug-likeness (QED) is 0.835. The van der Waals surface area contributed by atoms with Crippen molar-refractivity contribution in [3.63, 3.8) is 0 Å². The number of rotatable bonds is 4. The summed E-state index contributed by atoms with van der Waals surface area (Å²) in [5, 5.41) is 3.71. The predicted octanol–water partition coefficient (Wildman–Crippen LogP) is 3.32. The molecular weight excluding hydrogens is 220 g/mol. The predicted molar refractivity (Wildman–Crippen MR) is 73.1 cm³/mol. The molecule has 0 atom stereocenters. The first-order valence-electron chi connectivity index (χ1n) is 7.64. The Kier molecular flexibility index (Phi) is 2.54. The molecule has 0 spiro atoms. The van der Waals surface area contributed by atoms with Gasteiger partial charge in [0.25, 0.3) is 0 Å². The molecule has 4 fully saturated rings. The van der Waals surface area contributed by atoms with Crippen LogP contribution in [-0.2, 0) is 6.54 Å². The van der Waals surface area contributed by atoms with Crippen LogP contribution in [0.15, 0.2) is 18.3 Å². The second-order valence-electron chi connectivity index (χ2n) is 7.22. The number of nitrogens with one attached hydrogen (secondary N) is 2. The molecule has 4 aliphatic rings. The van der Waals surface area contributed by atoms with Gasteiger partial charge in [-0.15, -0.1) is 0 Å². The van der Waals surface area contributed by atoms with E-state index in [0.717, 1.165) is 24.3 Å². The van der Waals surface area contributed by atoms with E-state index in [2.05, 4.69) is 22.4 Å². The van der Waals surface area contributed by atoms with Gasteiger partial charge in [0.15, 0.2) is 0 Å². The maximum atomic E-state index is 3.71. The molecule has 4 bridgehead atoms. The van der Waals surface area contributed by atoms with Crippen molar-refractivity contribution in [1.29, 1.82) is 0 Å². The molecule has 98 valence electrons. The van der Waals surface area contributed by atoms with Gasteiger partial charge in [-0.1, -0.05) is 0 Å². The molecule has 4 aliphatic carbocycles. The van der Waals surface area contributed by atoms with Gasteiger partial charge in [-0.3, -0.25) is 0 Å². The van der Waals surface area contributed by atoms with E-state index in [0.29, 0.717) is 5.41 Å². The van der Waals surface area contributed by atoms with Crippen LogP contribution >= 0.6 is 0 Å². The van der Waals surface area contributed by atoms with E-state index in [9.17, 15) is 0 Å². The SMILES string of the molecule is c1c[nH]c(CNCC23CC4CC(CC(C4)C2)C3)c1. The molecular formula is C16H24N2. The summed E-state index contributed by atoms with van der Waals surface area (Å²) in [7, 11) is 0. The average molecular weight is 244 g/mol. The highest BCUT2D eigenvalue weighted by atomic mass is 14.9. The Morgan fingerprint density at radius 3 is 2.33 bits per heavy atom. The summed E-state index contributed by atoms with van der Waals surface area (Å²) in [6.45, 7) is 2.25. The Bertz CT molecular complexity index is 371. The Hall–Kier alpha value is -0.760. The molecule has 0 aliphatic heterocycles. The van der Waals surface area contributed by atoms with E-state index in [1.54, 1.807) is 19.3 Å². The number of hydrogen-bond acceptors (Lipinski definition) is 1. The topological polar surface area (TPSA) is 27.8 Å². The normalized spacial score (nSPS) is 41.4. The second kappa shape index (κ2) is 4.12. The number of aromatic nitrogens is 1. The Morgan fingerprint density at radius 1 is 1.11 bits per heavy atom. The minimum absolute atomic E-state index is 0.668. The molecule has 1 aromatic rings. The van der Waals surface area contributed by atoms with Crippen LogP contribution in [-0.4, -0.2) is 11.5 Å². The fourth-order valence-electron chi connectivity index (χ4n) is 5.45. The highest BCUT2D eigenvalue weighted by Crippen LogP contribution is 2.59. The summed E-state index contributed by atoms with van der Waals surface area (Å²) in [4.78, 5) is 3.28. The van der Waals surface area contributed by atoms with Crippen molar-refractivity contribution in [3.05, 3.63) is 24.0 Å². The summed E-state index contributed by atoms with van der Waals surface area (Å²) >= 11 is 0. The van der Waals surface area contributed by atoms with Gasteiger partial charge < -0.3 is 10.3 Å². The summed E-state index contributed by atoms with van der Waals surface area (Å²) in [6.07, 6.45) is 11.2. The second-order valence-corrected chi connectivity index (χ2v) is 7.22. The standard InChI is InChI=1S/C16H24N2/c1-2-15(18-3-1)10-17-11-16-7-12-4-13(8-16)6-14(5-12)9-16/h1-3,12-14,17-18H,4-11H2. The van der Waals surface area contributed by atoms with E-state index in [-0.39, 0.29) is 0 Å². The molecule has 2 N–H and O–H groups in total. The average Bonchev–Trinajstić information content (AvgIpc) is 2.79. The van der Waals surface area contributed by atoms with Crippen molar-refractivity contribution in [2.45, 2.75) is 45.1 Å². The van der Waals surface area contributed by atoms with Crippen LogP contribution in [0.1, 0.15) is 44.2 Å². The van der Waals surface area contributed by atoms with E-state index in [1.165, 1.54) is 31.5 Å². The molecule has 18 heavy (non-hydrogen) atoms. The van der Waals surface area contributed by atoms with E-state index < -0.39 is 0 Å². The molecule has 5 rings (SSSR count). The molecule has 0 saturated heterocycles. The first-order valence-corrected chi connectivity index (χ1v) is 7.64. The molecule has 0 unspecified atom stereocenters. The van der Waals surface area contributed by atoms with E-state index >= 15 is 0 Å². The molecule has 1 heterocycles. The highest BCUT2D eigenvalue weighted by Gasteiger charge is 2.50. The third-order valence-corrected chi connectivity index (χ3v) is 5.64. The van der Waals surface area contributed by atoms with Crippen LogP contribution in [0.5, 0.6) is 0 Å². The summed E-state index contributed by atoms with van der Waals surface area (Å²) in [6, 6.07) is 4.26. The zero-order chi connectivity index (χ0) is 12.0. The summed E-state index contributed by atoms with van der Waals surface area (Å²) in [5.74, 6) is 3.22. The summed E-state index contributed by atoms with van der Waals surface area (Å²) in [5.41, 5.74) is 1.99. The smallest absolute Gasteiger partial charge is 0.0357 e. The number of hydrogen-bond donors (Lipinski definition) is 2. The van der Waals surface area contributed by atoms with Crippen LogP contribution in [0.3, 0.4) is 0 Å². The van der Waals surface area contributed by atoms with Crippen molar-refractivity contribution < 1.29 is 0 Å². The van der Waals surface area contributed by atoms with Gasteiger partial charge in [0.05, 0.1) is 0 Å². The van der Waals surface area contributed by atoms with Crippen molar-refractivity contribution in [2.75, 3.05) is 6.54 Å². The van der Waals surface area contributed by atoms with Gasteiger partial charge in [0.1, 0.15) is 0 Å². The van der Waals surface area contributed by atoms with Gasteiger partial charge in [-0.05, 0) is 73.8 Å². The van der Waals surface area contributed by atoms with Gasteiger partial charge in [-0.2, -0.15) is 0 Å². The van der Waals surface area contributed by atoms with Crippen molar-refractivity contribution in [3.8, 4) is 0 Å². The molecule has 2 heteroatoms. The first kappa shape index (κ1) is 11.1. The number of aromatic amines is 1. The van der Waals surface area contributed by atoms with Gasteiger partial charge in [0, 0.05) is 25.0 Å². The lowest BCUT2D eigenvalue weighted by atomic mass is 9.49. The van der Waals surface area contributed by atoms with Crippen molar-refractivity contribution in [2.24, 2.45) is 23.2 Å². The maximum absolute atomic E-state index is 3.71. The molecule has 4 saturated carbocycles. The van der Waals surface area contributed by atoms with E-state index in [1.807, 2.05) is 6.20 Å². The lowest BCUT2D eigenvalue weighted by Gasteiger charge is -2.57. The van der Waals surface area contributed by atoms with Crippen molar-refractivity contribution in [1.82, 2.24) is 10.3 Å². The largest absolute Gasteiger partial charge is 0.364 e. The van der Waals surface area contributed by atoms with E-state index in [4.69, 9.17) is 0 Å². The molecule has 0 aromatic carbocycles. The Labute approximate surface area is 110 Å². The lowest BCUT2D eigenvalue weighted by Crippen LogP contribution is -2.50. The van der Waals surface area contributed by atoms with Crippen molar-refractivity contribution >= 4 is 0 Å². The maximum Gasteiger partial charge on any atom is 0.0357 e. The highest BCUT2D eigenvalue weighted by molar-refractivity contribution is 5.05. The minimum atomic E-state index is 0.668. The third kappa shape index (κ3) is 1.91.